The summed E-state index contributed by atoms with van der Waals surface area (Å²) in [6.07, 6.45) is 1.04. The summed E-state index contributed by atoms with van der Waals surface area (Å²) in [4.78, 5) is 0. The Hall–Kier alpha value is -1.06. The maximum atomic E-state index is 5.75. The molecule has 102 valence electrons. The van der Waals surface area contributed by atoms with E-state index in [1.54, 1.807) is 7.11 Å². The average molecular weight is 250 g/mol. The van der Waals surface area contributed by atoms with Crippen LogP contribution in [0.1, 0.15) is 19.4 Å². The minimum absolute atomic E-state index is 0.570. The zero-order valence-corrected chi connectivity index (χ0v) is 11.8. The number of ether oxygens (including phenoxy) is 1. The van der Waals surface area contributed by atoms with Crippen LogP contribution in [-0.2, 0) is 6.42 Å². The first-order valence-corrected chi connectivity index (χ1v) is 6.71. The monoisotopic (exact) mass is 250 g/mol. The van der Waals surface area contributed by atoms with Crippen molar-refractivity contribution >= 4 is 0 Å². The van der Waals surface area contributed by atoms with Gasteiger partial charge in [0.15, 0.2) is 0 Å². The Kier molecular flexibility index (Phi) is 6.76. The molecule has 0 aliphatic rings. The molecule has 0 amide bonds. The summed E-state index contributed by atoms with van der Waals surface area (Å²) in [5, 5.41) is 3.48. The van der Waals surface area contributed by atoms with Crippen molar-refractivity contribution in [3.05, 3.63) is 29.8 Å². The molecule has 1 unspecified atom stereocenters. The van der Waals surface area contributed by atoms with Gasteiger partial charge in [-0.05, 0) is 55.6 Å². The van der Waals surface area contributed by atoms with E-state index in [4.69, 9.17) is 10.5 Å². The van der Waals surface area contributed by atoms with Crippen LogP contribution in [0.4, 0.5) is 0 Å². The predicted molar refractivity (Wildman–Crippen MR) is 77.0 cm³/mol. The summed E-state index contributed by atoms with van der Waals surface area (Å²) in [7, 11) is 1.69. The van der Waals surface area contributed by atoms with E-state index in [0.717, 1.165) is 31.8 Å². The van der Waals surface area contributed by atoms with Crippen molar-refractivity contribution in [2.75, 3.05) is 26.7 Å². The van der Waals surface area contributed by atoms with Crippen molar-refractivity contribution in [3.63, 3.8) is 0 Å². The minimum atomic E-state index is 0.570. The van der Waals surface area contributed by atoms with Gasteiger partial charge in [-0.3, -0.25) is 0 Å². The molecule has 0 spiro atoms. The van der Waals surface area contributed by atoms with Crippen LogP contribution in [0.5, 0.6) is 5.75 Å². The molecule has 1 atom stereocenters. The second kappa shape index (κ2) is 8.11. The first kappa shape index (κ1) is 15.0. The Morgan fingerprint density at radius 1 is 1.22 bits per heavy atom. The van der Waals surface area contributed by atoms with E-state index in [9.17, 15) is 0 Å². The summed E-state index contributed by atoms with van der Waals surface area (Å²) in [5.74, 6) is 2.12. The highest BCUT2D eigenvalue weighted by Crippen LogP contribution is 2.11. The molecular formula is C15H26N2O. The van der Waals surface area contributed by atoms with Crippen LogP contribution in [0.2, 0.25) is 0 Å². The molecule has 0 aromatic heterocycles. The van der Waals surface area contributed by atoms with Crippen LogP contribution in [0, 0.1) is 11.8 Å². The van der Waals surface area contributed by atoms with Gasteiger partial charge >= 0.3 is 0 Å². The predicted octanol–water partition coefficient (Wildman–Crippen LogP) is 2.06. The van der Waals surface area contributed by atoms with Gasteiger partial charge in [-0.2, -0.15) is 0 Å². The van der Waals surface area contributed by atoms with Crippen LogP contribution in [-0.4, -0.2) is 26.7 Å². The van der Waals surface area contributed by atoms with Crippen molar-refractivity contribution < 1.29 is 4.74 Å². The van der Waals surface area contributed by atoms with E-state index >= 15 is 0 Å². The number of benzene rings is 1. The molecule has 1 aromatic carbocycles. The van der Waals surface area contributed by atoms with Crippen LogP contribution in [0.3, 0.4) is 0 Å². The Labute approximate surface area is 111 Å². The lowest BCUT2D eigenvalue weighted by atomic mass is 9.96. The third-order valence-corrected chi connectivity index (χ3v) is 3.40. The molecule has 1 rings (SSSR count). The highest BCUT2D eigenvalue weighted by atomic mass is 16.5. The zero-order chi connectivity index (χ0) is 13.4. The summed E-state index contributed by atoms with van der Waals surface area (Å²) in [6, 6.07) is 8.24. The fourth-order valence-electron chi connectivity index (χ4n) is 1.90. The Morgan fingerprint density at radius 3 is 2.39 bits per heavy atom. The van der Waals surface area contributed by atoms with Gasteiger partial charge in [0, 0.05) is 0 Å². The molecule has 3 nitrogen and oxygen atoms in total. The number of nitrogens with one attached hydrogen (secondary N) is 1. The molecular weight excluding hydrogens is 224 g/mol. The standard InChI is InChI=1S/C15H26N2O/c1-12(2)14(10-16)11-17-9-8-13-4-6-15(18-3)7-5-13/h4-7,12,14,17H,8-11,16H2,1-3H3. The molecule has 0 heterocycles. The third-order valence-electron chi connectivity index (χ3n) is 3.40. The molecule has 1 aromatic rings. The molecule has 0 saturated heterocycles. The lowest BCUT2D eigenvalue weighted by molar-refractivity contribution is 0.372. The van der Waals surface area contributed by atoms with Crippen LogP contribution >= 0.6 is 0 Å². The molecule has 0 radical (unpaired) electrons. The van der Waals surface area contributed by atoms with Crippen molar-refractivity contribution in [2.45, 2.75) is 20.3 Å². The summed E-state index contributed by atoms with van der Waals surface area (Å²) in [6.45, 7) is 7.21. The van der Waals surface area contributed by atoms with Crippen molar-refractivity contribution in [3.8, 4) is 5.75 Å². The van der Waals surface area contributed by atoms with Crippen LogP contribution in [0.25, 0.3) is 0 Å². The van der Waals surface area contributed by atoms with E-state index in [1.807, 2.05) is 12.1 Å². The third kappa shape index (κ3) is 5.07. The topological polar surface area (TPSA) is 47.3 Å². The average Bonchev–Trinajstić information content (AvgIpc) is 2.39. The number of hydrogen-bond acceptors (Lipinski definition) is 3. The highest BCUT2D eigenvalue weighted by molar-refractivity contribution is 5.27. The van der Waals surface area contributed by atoms with Gasteiger partial charge < -0.3 is 15.8 Å². The Bertz CT molecular complexity index is 322. The van der Waals surface area contributed by atoms with Gasteiger partial charge in [-0.15, -0.1) is 0 Å². The van der Waals surface area contributed by atoms with Gasteiger partial charge in [0.2, 0.25) is 0 Å². The van der Waals surface area contributed by atoms with Gasteiger partial charge in [0.25, 0.3) is 0 Å². The number of hydrogen-bond donors (Lipinski definition) is 2. The second-order valence-electron chi connectivity index (χ2n) is 5.04. The van der Waals surface area contributed by atoms with Gasteiger partial charge in [0.05, 0.1) is 7.11 Å². The summed E-state index contributed by atoms with van der Waals surface area (Å²) < 4.78 is 5.14. The smallest absolute Gasteiger partial charge is 0.118 e. The molecule has 0 bridgehead atoms. The normalized spacial score (nSPS) is 12.7. The Morgan fingerprint density at radius 2 is 1.89 bits per heavy atom. The van der Waals surface area contributed by atoms with Crippen molar-refractivity contribution in [1.29, 1.82) is 0 Å². The van der Waals surface area contributed by atoms with Crippen molar-refractivity contribution in [1.82, 2.24) is 5.32 Å². The molecule has 0 aliphatic heterocycles. The molecule has 0 saturated carbocycles. The maximum absolute atomic E-state index is 5.75. The van der Waals surface area contributed by atoms with Crippen LogP contribution < -0.4 is 15.8 Å². The van der Waals surface area contributed by atoms with E-state index in [0.29, 0.717) is 11.8 Å². The summed E-state index contributed by atoms with van der Waals surface area (Å²) in [5.41, 5.74) is 7.08. The van der Waals surface area contributed by atoms with Crippen LogP contribution in [0.15, 0.2) is 24.3 Å². The molecule has 3 N–H and O–H groups in total. The molecule has 0 aliphatic carbocycles. The number of nitrogens with two attached hydrogens (primary N) is 1. The number of methoxy groups -OCH3 is 1. The molecule has 0 fully saturated rings. The fourth-order valence-corrected chi connectivity index (χ4v) is 1.90. The maximum Gasteiger partial charge on any atom is 0.118 e. The summed E-state index contributed by atoms with van der Waals surface area (Å²) >= 11 is 0. The molecule has 18 heavy (non-hydrogen) atoms. The SMILES string of the molecule is COc1ccc(CCNCC(CN)C(C)C)cc1. The first-order chi connectivity index (χ1) is 8.67. The largest absolute Gasteiger partial charge is 0.497 e. The minimum Gasteiger partial charge on any atom is -0.497 e. The van der Waals surface area contributed by atoms with Crippen molar-refractivity contribution in [2.24, 2.45) is 17.6 Å². The van der Waals surface area contributed by atoms with E-state index in [1.165, 1.54) is 5.56 Å². The van der Waals surface area contributed by atoms with Gasteiger partial charge in [-0.1, -0.05) is 26.0 Å². The second-order valence-corrected chi connectivity index (χ2v) is 5.04. The quantitative estimate of drug-likeness (QED) is 0.694. The van der Waals surface area contributed by atoms with Gasteiger partial charge in [-0.25, -0.2) is 0 Å². The Balaban J connectivity index is 2.24. The molecule has 3 heteroatoms. The van der Waals surface area contributed by atoms with E-state index < -0.39 is 0 Å². The lowest BCUT2D eigenvalue weighted by Gasteiger charge is -2.19. The zero-order valence-electron chi connectivity index (χ0n) is 11.8. The fraction of sp³-hybridized carbons (Fsp3) is 0.600. The van der Waals surface area contributed by atoms with E-state index in [2.05, 4.69) is 31.3 Å². The number of rotatable bonds is 8. The first-order valence-electron chi connectivity index (χ1n) is 6.71. The highest BCUT2D eigenvalue weighted by Gasteiger charge is 2.10. The lowest BCUT2D eigenvalue weighted by Crippen LogP contribution is -2.32. The van der Waals surface area contributed by atoms with Gasteiger partial charge in [0.1, 0.15) is 5.75 Å². The van der Waals surface area contributed by atoms with E-state index in [-0.39, 0.29) is 0 Å².